The predicted molar refractivity (Wildman–Crippen MR) is 115 cm³/mol. The lowest BCUT2D eigenvalue weighted by molar-refractivity contribution is -0.126. The summed E-state index contributed by atoms with van der Waals surface area (Å²) in [5.74, 6) is -1.06. The van der Waals surface area contributed by atoms with Crippen LogP contribution in [0.2, 0.25) is 0 Å². The van der Waals surface area contributed by atoms with Crippen molar-refractivity contribution in [3.63, 3.8) is 0 Å². The highest BCUT2D eigenvalue weighted by atomic mass is 16.3. The Bertz CT molecular complexity index is 1310. The molecule has 31 heavy (non-hydrogen) atoms. The molecule has 1 atom stereocenters. The van der Waals surface area contributed by atoms with E-state index >= 15 is 0 Å². The van der Waals surface area contributed by atoms with E-state index in [1.54, 1.807) is 35.2 Å². The number of rotatable bonds is 4. The summed E-state index contributed by atoms with van der Waals surface area (Å²) in [4.78, 5) is 44.1. The molecule has 0 saturated carbocycles. The van der Waals surface area contributed by atoms with E-state index in [2.05, 4.69) is 0 Å². The summed E-state index contributed by atoms with van der Waals surface area (Å²) < 4.78 is 5.93. The molecule has 2 aliphatic heterocycles. The Morgan fingerprint density at radius 3 is 2.58 bits per heavy atom. The van der Waals surface area contributed by atoms with Gasteiger partial charge in [0, 0.05) is 18.7 Å². The van der Waals surface area contributed by atoms with Gasteiger partial charge >= 0.3 is 0 Å². The molecule has 0 bridgehead atoms. The number of benzene rings is 2. The number of nitrogens with zero attached hydrogens (tertiary/aromatic N) is 2. The lowest BCUT2D eigenvalue weighted by Gasteiger charge is -2.33. The molecule has 3 heterocycles. The summed E-state index contributed by atoms with van der Waals surface area (Å²) in [5.41, 5.74) is 0.411. The average Bonchev–Trinajstić information content (AvgIpc) is 3.15. The normalized spacial score (nSPS) is 19.6. The number of carbonyl (C=O) groups is 2. The molecule has 158 valence electrons. The third-order valence-corrected chi connectivity index (χ3v) is 6.16. The molecule has 2 amide bonds. The Morgan fingerprint density at radius 1 is 1.06 bits per heavy atom. The molecule has 2 aromatic carbocycles. The molecule has 0 saturated heterocycles. The van der Waals surface area contributed by atoms with Crippen molar-refractivity contribution in [3.8, 4) is 0 Å². The predicted octanol–water partition coefficient (Wildman–Crippen LogP) is 2.55. The van der Waals surface area contributed by atoms with Crippen LogP contribution < -0.4 is 10.3 Å². The van der Waals surface area contributed by atoms with Gasteiger partial charge in [0.25, 0.3) is 11.8 Å². The van der Waals surface area contributed by atoms with Gasteiger partial charge in [-0.25, -0.2) is 0 Å². The van der Waals surface area contributed by atoms with Crippen molar-refractivity contribution in [2.24, 2.45) is 0 Å². The largest absolute Gasteiger partial charge is 0.450 e. The molecule has 7 nitrogen and oxygen atoms in total. The van der Waals surface area contributed by atoms with Gasteiger partial charge in [0.2, 0.25) is 5.76 Å². The zero-order valence-corrected chi connectivity index (χ0v) is 17.3. The quantitative estimate of drug-likeness (QED) is 0.703. The van der Waals surface area contributed by atoms with Crippen molar-refractivity contribution < 1.29 is 19.1 Å². The monoisotopic (exact) mass is 418 g/mol. The number of fused-ring (bicyclic) bond motifs is 5. The molecule has 5 rings (SSSR count). The molecule has 3 aromatic rings. The van der Waals surface area contributed by atoms with Crippen LogP contribution in [0.1, 0.15) is 40.6 Å². The molecule has 0 aliphatic carbocycles. The molecule has 7 heteroatoms. The third-order valence-electron chi connectivity index (χ3n) is 6.16. The summed E-state index contributed by atoms with van der Waals surface area (Å²) in [7, 11) is 0. The van der Waals surface area contributed by atoms with E-state index in [-0.39, 0.29) is 30.4 Å². The lowest BCUT2D eigenvalue weighted by atomic mass is 9.84. The smallest absolute Gasteiger partial charge is 0.291 e. The number of carbonyl (C=O) groups excluding carboxylic acids is 2. The van der Waals surface area contributed by atoms with E-state index in [9.17, 15) is 19.5 Å². The summed E-state index contributed by atoms with van der Waals surface area (Å²) in [6.07, 6.45) is 0.711. The number of para-hydroxylation sites is 1. The third kappa shape index (κ3) is 2.35. The van der Waals surface area contributed by atoms with Gasteiger partial charge in [0.05, 0.1) is 23.2 Å². The number of hydrogen-bond donors (Lipinski definition) is 1. The standard InChI is InChI=1S/C24H22N2O5/c1-3-10-25-17-7-5-4-6-16(17)24(23(25)30)19-20(28)15-13-14(2)8-9-18(15)31-21(19)22(29)26(24)11-12-27/h4-9,13,27H,3,10-12H2,1-2H3/t24-/m0/s1. The van der Waals surface area contributed by atoms with Gasteiger partial charge in [-0.15, -0.1) is 0 Å². The maximum atomic E-state index is 14.0. The van der Waals surface area contributed by atoms with Gasteiger partial charge in [0.1, 0.15) is 5.58 Å². The Kier molecular flexibility index (Phi) is 4.27. The minimum Gasteiger partial charge on any atom is -0.450 e. The molecular weight excluding hydrogens is 396 g/mol. The average molecular weight is 418 g/mol. The van der Waals surface area contributed by atoms with Crippen LogP contribution >= 0.6 is 0 Å². The van der Waals surface area contributed by atoms with E-state index in [0.717, 1.165) is 5.56 Å². The van der Waals surface area contributed by atoms with Gasteiger partial charge in [-0.2, -0.15) is 0 Å². The van der Waals surface area contributed by atoms with Crippen LogP contribution in [0.4, 0.5) is 5.69 Å². The van der Waals surface area contributed by atoms with Gasteiger partial charge in [0.15, 0.2) is 11.0 Å². The second kappa shape index (κ2) is 6.78. The van der Waals surface area contributed by atoms with Crippen molar-refractivity contribution in [3.05, 3.63) is 75.1 Å². The zero-order chi connectivity index (χ0) is 21.9. The summed E-state index contributed by atoms with van der Waals surface area (Å²) in [6.45, 7) is 3.83. The van der Waals surface area contributed by atoms with E-state index in [4.69, 9.17) is 4.42 Å². The molecule has 1 aromatic heterocycles. The first-order valence-electron chi connectivity index (χ1n) is 10.4. The van der Waals surface area contributed by atoms with Gasteiger partial charge < -0.3 is 19.3 Å². The van der Waals surface area contributed by atoms with E-state index in [1.165, 1.54) is 4.90 Å². The number of aliphatic hydroxyl groups is 1. The first-order valence-corrected chi connectivity index (χ1v) is 10.4. The molecule has 2 aliphatic rings. The van der Waals surface area contributed by atoms with Crippen LogP contribution in [-0.4, -0.2) is 41.5 Å². The van der Waals surface area contributed by atoms with Crippen LogP contribution in [0, 0.1) is 6.92 Å². The fourth-order valence-electron chi connectivity index (χ4n) is 4.95. The number of aryl methyl sites for hydroxylation is 1. The number of aliphatic hydroxyl groups excluding tert-OH is 1. The number of anilines is 1. The van der Waals surface area contributed by atoms with Crippen LogP contribution in [0.25, 0.3) is 11.0 Å². The van der Waals surface area contributed by atoms with Crippen LogP contribution in [0.15, 0.2) is 51.7 Å². The number of hydrogen-bond acceptors (Lipinski definition) is 5. The van der Waals surface area contributed by atoms with Crippen molar-refractivity contribution >= 4 is 28.5 Å². The Labute approximate surface area is 178 Å². The summed E-state index contributed by atoms with van der Waals surface area (Å²) in [6, 6.07) is 12.4. The minimum absolute atomic E-state index is 0.0418. The number of β-amino-alcohol motifs (C(OH)–C–C–N with tert-alkyl or cyclic N) is 1. The van der Waals surface area contributed by atoms with E-state index in [1.807, 2.05) is 26.0 Å². The molecule has 0 fully saturated rings. The van der Waals surface area contributed by atoms with Gasteiger partial charge in [-0.05, 0) is 31.5 Å². The molecule has 1 N–H and O–H groups in total. The van der Waals surface area contributed by atoms with Crippen molar-refractivity contribution in [2.75, 3.05) is 24.6 Å². The minimum atomic E-state index is -1.64. The fourth-order valence-corrected chi connectivity index (χ4v) is 4.95. The highest BCUT2D eigenvalue weighted by Crippen LogP contribution is 2.52. The van der Waals surface area contributed by atoms with Crippen molar-refractivity contribution in [1.82, 2.24) is 4.90 Å². The highest BCUT2D eigenvalue weighted by Gasteiger charge is 2.64. The summed E-state index contributed by atoms with van der Waals surface area (Å²) >= 11 is 0. The molecule has 1 spiro atoms. The Hall–Kier alpha value is -3.45. The highest BCUT2D eigenvalue weighted by molar-refractivity contribution is 6.17. The lowest BCUT2D eigenvalue weighted by Crippen LogP contribution is -2.54. The maximum absolute atomic E-state index is 14.0. The fraction of sp³-hybridized carbons (Fsp3) is 0.292. The molecule has 0 radical (unpaired) electrons. The van der Waals surface area contributed by atoms with E-state index < -0.39 is 16.9 Å². The SMILES string of the molecule is CCCN1C(=O)[C@]2(c3ccccc31)c1c(oc3ccc(C)cc3c1=O)C(=O)N2CCO. The Balaban J connectivity index is 1.93. The van der Waals surface area contributed by atoms with Gasteiger partial charge in [-0.3, -0.25) is 14.4 Å². The maximum Gasteiger partial charge on any atom is 0.291 e. The molecular formula is C24H22N2O5. The van der Waals surface area contributed by atoms with E-state index in [0.29, 0.717) is 35.2 Å². The number of amides is 2. The Morgan fingerprint density at radius 2 is 1.84 bits per heavy atom. The van der Waals surface area contributed by atoms with Crippen molar-refractivity contribution in [1.29, 1.82) is 0 Å². The van der Waals surface area contributed by atoms with Crippen LogP contribution in [0.3, 0.4) is 0 Å². The van der Waals surface area contributed by atoms with Crippen molar-refractivity contribution in [2.45, 2.75) is 25.8 Å². The topological polar surface area (TPSA) is 91.1 Å². The first kappa shape index (κ1) is 19.5. The second-order valence-corrected chi connectivity index (χ2v) is 8.00. The van der Waals surface area contributed by atoms with Crippen LogP contribution in [0.5, 0.6) is 0 Å². The summed E-state index contributed by atoms with van der Waals surface area (Å²) in [5, 5.41) is 10.1. The van der Waals surface area contributed by atoms with Crippen LogP contribution in [-0.2, 0) is 10.3 Å². The first-order chi connectivity index (χ1) is 15.0. The molecule has 0 unspecified atom stereocenters. The second-order valence-electron chi connectivity index (χ2n) is 8.00. The van der Waals surface area contributed by atoms with Gasteiger partial charge in [-0.1, -0.05) is 36.8 Å². The zero-order valence-electron chi connectivity index (χ0n) is 17.3.